The summed E-state index contributed by atoms with van der Waals surface area (Å²) in [6, 6.07) is 11.2. The lowest BCUT2D eigenvalue weighted by molar-refractivity contribution is -0.116. The highest BCUT2D eigenvalue weighted by Crippen LogP contribution is 2.22. The summed E-state index contributed by atoms with van der Waals surface area (Å²) in [6.07, 6.45) is 0.811. The van der Waals surface area contributed by atoms with E-state index in [0.717, 1.165) is 5.56 Å². The standard InChI is InChI=1S/C16H15Cl2N3O2/c17-11-3-1-10(14(18)9-11)2-8-15(22)20-12-4-6-13(7-5-12)21-16(19)23/h1,3-7,9H,2,8H2,(H,20,22)(H3,19,21,23). The Balaban J connectivity index is 1.88. The highest BCUT2D eigenvalue weighted by atomic mass is 35.5. The van der Waals surface area contributed by atoms with Gasteiger partial charge in [-0.1, -0.05) is 29.3 Å². The molecule has 5 nitrogen and oxygen atoms in total. The van der Waals surface area contributed by atoms with Gasteiger partial charge in [-0.05, 0) is 48.4 Å². The van der Waals surface area contributed by atoms with E-state index in [1.165, 1.54) is 0 Å². The lowest BCUT2D eigenvalue weighted by Crippen LogP contribution is -2.19. The first-order chi connectivity index (χ1) is 10.9. The Bertz CT molecular complexity index is 718. The largest absolute Gasteiger partial charge is 0.351 e. The van der Waals surface area contributed by atoms with Crippen molar-refractivity contribution < 1.29 is 9.59 Å². The molecule has 3 amide bonds. The molecular weight excluding hydrogens is 337 g/mol. The molecule has 2 aromatic rings. The van der Waals surface area contributed by atoms with E-state index in [2.05, 4.69) is 10.6 Å². The van der Waals surface area contributed by atoms with E-state index in [9.17, 15) is 9.59 Å². The molecule has 0 bridgehead atoms. The number of carbonyl (C=O) groups excluding carboxylic acids is 2. The molecule has 0 saturated heterocycles. The summed E-state index contributed by atoms with van der Waals surface area (Å²) < 4.78 is 0. The van der Waals surface area contributed by atoms with Crippen LogP contribution < -0.4 is 16.4 Å². The fourth-order valence-electron chi connectivity index (χ4n) is 1.98. The van der Waals surface area contributed by atoms with E-state index >= 15 is 0 Å². The van der Waals surface area contributed by atoms with Crippen molar-refractivity contribution in [3.8, 4) is 0 Å². The summed E-state index contributed by atoms with van der Waals surface area (Å²) in [5.41, 5.74) is 7.08. The molecule has 120 valence electrons. The van der Waals surface area contributed by atoms with Crippen LogP contribution in [0.4, 0.5) is 16.2 Å². The van der Waals surface area contributed by atoms with E-state index in [-0.39, 0.29) is 5.91 Å². The first kappa shape index (κ1) is 17.1. The van der Waals surface area contributed by atoms with Gasteiger partial charge in [-0.2, -0.15) is 0 Å². The van der Waals surface area contributed by atoms with Gasteiger partial charge in [-0.15, -0.1) is 0 Å². The number of nitrogens with one attached hydrogen (secondary N) is 2. The van der Waals surface area contributed by atoms with Crippen LogP contribution in [0.1, 0.15) is 12.0 Å². The van der Waals surface area contributed by atoms with Gasteiger partial charge in [0.1, 0.15) is 0 Å². The molecule has 0 aromatic heterocycles. The van der Waals surface area contributed by atoms with Crippen molar-refractivity contribution in [2.24, 2.45) is 5.73 Å². The third kappa shape index (κ3) is 5.47. The maximum atomic E-state index is 12.0. The number of nitrogens with two attached hydrogens (primary N) is 1. The van der Waals surface area contributed by atoms with Gasteiger partial charge in [0, 0.05) is 27.8 Å². The molecule has 0 fully saturated rings. The molecule has 0 radical (unpaired) electrons. The zero-order valence-electron chi connectivity index (χ0n) is 12.1. The molecule has 0 aliphatic carbocycles. The quantitative estimate of drug-likeness (QED) is 0.758. The van der Waals surface area contributed by atoms with Crippen LogP contribution >= 0.6 is 23.2 Å². The number of aryl methyl sites for hydroxylation is 1. The average molecular weight is 352 g/mol. The fourth-order valence-corrected chi connectivity index (χ4v) is 2.48. The van der Waals surface area contributed by atoms with E-state index < -0.39 is 6.03 Å². The summed E-state index contributed by atoms with van der Waals surface area (Å²) in [4.78, 5) is 22.7. The molecule has 0 unspecified atom stereocenters. The van der Waals surface area contributed by atoms with Crippen molar-refractivity contribution >= 4 is 46.5 Å². The minimum atomic E-state index is -0.637. The van der Waals surface area contributed by atoms with Gasteiger partial charge in [0.05, 0.1) is 0 Å². The topological polar surface area (TPSA) is 84.2 Å². The molecule has 2 rings (SSSR count). The molecule has 0 saturated carbocycles. The van der Waals surface area contributed by atoms with Crippen LogP contribution in [0.2, 0.25) is 10.0 Å². The number of primary amides is 1. The Morgan fingerprint density at radius 2 is 1.57 bits per heavy atom. The first-order valence-corrected chi connectivity index (χ1v) is 7.60. The third-order valence-electron chi connectivity index (χ3n) is 3.07. The lowest BCUT2D eigenvalue weighted by atomic mass is 10.1. The van der Waals surface area contributed by atoms with Gasteiger partial charge >= 0.3 is 6.03 Å². The molecule has 4 N–H and O–H groups in total. The van der Waals surface area contributed by atoms with Crippen LogP contribution in [-0.4, -0.2) is 11.9 Å². The molecule has 23 heavy (non-hydrogen) atoms. The number of urea groups is 1. The number of benzene rings is 2. The van der Waals surface area contributed by atoms with E-state index in [1.54, 1.807) is 36.4 Å². The van der Waals surface area contributed by atoms with Crippen LogP contribution in [0.5, 0.6) is 0 Å². The molecule has 0 atom stereocenters. The first-order valence-electron chi connectivity index (χ1n) is 6.84. The van der Waals surface area contributed by atoms with E-state index in [4.69, 9.17) is 28.9 Å². The summed E-state index contributed by atoms with van der Waals surface area (Å²) in [6.45, 7) is 0. The van der Waals surface area contributed by atoms with Crippen molar-refractivity contribution in [3.63, 3.8) is 0 Å². The second kappa shape index (κ2) is 7.85. The molecule has 0 aliphatic rings. The molecule has 0 spiro atoms. The second-order valence-corrected chi connectivity index (χ2v) is 5.69. The third-order valence-corrected chi connectivity index (χ3v) is 3.66. The van der Waals surface area contributed by atoms with E-state index in [0.29, 0.717) is 34.3 Å². The van der Waals surface area contributed by atoms with Gasteiger partial charge < -0.3 is 16.4 Å². The Labute approximate surface area is 143 Å². The lowest BCUT2D eigenvalue weighted by Gasteiger charge is -2.08. The zero-order chi connectivity index (χ0) is 16.8. The van der Waals surface area contributed by atoms with Crippen molar-refractivity contribution in [1.82, 2.24) is 0 Å². The van der Waals surface area contributed by atoms with Gasteiger partial charge in [0.15, 0.2) is 0 Å². The Morgan fingerprint density at radius 1 is 0.957 bits per heavy atom. The van der Waals surface area contributed by atoms with Crippen LogP contribution in [0.15, 0.2) is 42.5 Å². The fraction of sp³-hybridized carbons (Fsp3) is 0.125. The van der Waals surface area contributed by atoms with Crippen molar-refractivity contribution in [1.29, 1.82) is 0 Å². The molecular formula is C16H15Cl2N3O2. The average Bonchev–Trinajstić information content (AvgIpc) is 2.48. The SMILES string of the molecule is NC(=O)Nc1ccc(NC(=O)CCc2ccc(Cl)cc2Cl)cc1. The highest BCUT2D eigenvalue weighted by Gasteiger charge is 2.07. The summed E-state index contributed by atoms with van der Waals surface area (Å²) in [7, 11) is 0. The van der Waals surface area contributed by atoms with Crippen LogP contribution in [0, 0.1) is 0 Å². The molecule has 0 heterocycles. The van der Waals surface area contributed by atoms with Gasteiger partial charge in [0.2, 0.25) is 5.91 Å². The minimum Gasteiger partial charge on any atom is -0.351 e. The number of hydrogen-bond donors (Lipinski definition) is 3. The van der Waals surface area contributed by atoms with Crippen LogP contribution in [0.25, 0.3) is 0 Å². The minimum absolute atomic E-state index is 0.133. The van der Waals surface area contributed by atoms with Crippen molar-refractivity contribution in [3.05, 3.63) is 58.1 Å². The van der Waals surface area contributed by atoms with Crippen LogP contribution in [0.3, 0.4) is 0 Å². The maximum absolute atomic E-state index is 12.0. The normalized spacial score (nSPS) is 10.2. The Hall–Kier alpha value is -2.24. The predicted octanol–water partition coefficient (Wildman–Crippen LogP) is 4.06. The molecule has 7 heteroatoms. The summed E-state index contributed by atoms with van der Waals surface area (Å²) in [5.74, 6) is -0.133. The predicted molar refractivity (Wildman–Crippen MR) is 93.1 cm³/mol. The summed E-state index contributed by atoms with van der Waals surface area (Å²) >= 11 is 11.9. The second-order valence-electron chi connectivity index (χ2n) is 4.85. The maximum Gasteiger partial charge on any atom is 0.316 e. The van der Waals surface area contributed by atoms with Crippen molar-refractivity contribution in [2.75, 3.05) is 10.6 Å². The number of hydrogen-bond acceptors (Lipinski definition) is 2. The van der Waals surface area contributed by atoms with Gasteiger partial charge in [-0.25, -0.2) is 4.79 Å². The van der Waals surface area contributed by atoms with Gasteiger partial charge in [0.25, 0.3) is 0 Å². The monoisotopic (exact) mass is 351 g/mol. The molecule has 2 aromatic carbocycles. The molecule has 0 aliphatic heterocycles. The summed E-state index contributed by atoms with van der Waals surface area (Å²) in [5, 5.41) is 6.33. The number of anilines is 2. The highest BCUT2D eigenvalue weighted by molar-refractivity contribution is 6.35. The van der Waals surface area contributed by atoms with Gasteiger partial charge in [-0.3, -0.25) is 4.79 Å². The Kier molecular flexibility index (Phi) is 5.84. The zero-order valence-corrected chi connectivity index (χ0v) is 13.6. The van der Waals surface area contributed by atoms with E-state index in [1.807, 2.05) is 6.07 Å². The Morgan fingerprint density at radius 3 is 2.13 bits per heavy atom. The number of rotatable bonds is 5. The number of halogens is 2. The number of amides is 3. The van der Waals surface area contributed by atoms with Crippen LogP contribution in [-0.2, 0) is 11.2 Å². The smallest absolute Gasteiger partial charge is 0.316 e. The van der Waals surface area contributed by atoms with Crippen molar-refractivity contribution in [2.45, 2.75) is 12.8 Å². The number of carbonyl (C=O) groups is 2.